The minimum absolute atomic E-state index is 0.636. The van der Waals surface area contributed by atoms with E-state index in [2.05, 4.69) is 36.1 Å². The molecule has 0 amide bonds. The highest BCUT2D eigenvalue weighted by atomic mass is 32.1. The maximum absolute atomic E-state index is 5.81. The number of hydrogen-bond donors (Lipinski definition) is 1. The van der Waals surface area contributed by atoms with Crippen molar-refractivity contribution < 1.29 is 4.74 Å². The van der Waals surface area contributed by atoms with E-state index < -0.39 is 0 Å². The summed E-state index contributed by atoms with van der Waals surface area (Å²) in [6, 6.07) is 10.6. The van der Waals surface area contributed by atoms with Crippen molar-refractivity contribution in [2.75, 3.05) is 13.2 Å². The molecule has 0 unspecified atom stereocenters. The fourth-order valence-electron chi connectivity index (χ4n) is 2.60. The summed E-state index contributed by atoms with van der Waals surface area (Å²) >= 11 is 1.81. The van der Waals surface area contributed by atoms with Crippen LogP contribution >= 0.6 is 11.3 Å². The number of rotatable bonds is 3. The summed E-state index contributed by atoms with van der Waals surface area (Å²) in [6.45, 7) is 6.45. The molecule has 0 saturated heterocycles. The Morgan fingerprint density at radius 1 is 1.35 bits per heavy atom. The number of hydrogen-bond acceptors (Lipinski definition) is 4. The maximum Gasteiger partial charge on any atom is 0.123 e. The number of thiophene rings is 1. The molecule has 4 heteroatoms. The molecular weight excluding hydrogens is 268 g/mol. The van der Waals surface area contributed by atoms with Crippen LogP contribution in [-0.2, 0) is 19.6 Å². The number of fused-ring (bicyclic) bond motifs is 1. The van der Waals surface area contributed by atoms with Crippen molar-refractivity contribution in [2.45, 2.75) is 26.6 Å². The fraction of sp³-hybridized carbons (Fsp3) is 0.375. The Morgan fingerprint density at radius 2 is 2.20 bits per heavy atom. The van der Waals surface area contributed by atoms with E-state index in [0.29, 0.717) is 6.54 Å². The molecule has 1 aromatic carbocycles. The van der Waals surface area contributed by atoms with Gasteiger partial charge in [0.05, 0.1) is 0 Å². The molecule has 106 valence electrons. The average molecular weight is 288 g/mol. The van der Waals surface area contributed by atoms with Crippen LogP contribution in [0.1, 0.15) is 20.9 Å². The molecule has 0 spiro atoms. The highest BCUT2D eigenvalue weighted by Crippen LogP contribution is 2.26. The lowest BCUT2D eigenvalue weighted by Crippen LogP contribution is -2.25. The van der Waals surface area contributed by atoms with Gasteiger partial charge in [-0.2, -0.15) is 0 Å². The lowest BCUT2D eigenvalue weighted by molar-refractivity contribution is 0.219. The third kappa shape index (κ3) is 2.87. The standard InChI is InChI=1S/C16H20N2OS/c1-12-14(8-15(9-17)20-12)11-18-6-7-19-16-5-3-2-4-13(16)10-18/h2-5,8H,6-7,9-11,17H2,1H3. The van der Waals surface area contributed by atoms with Crippen molar-refractivity contribution in [3.8, 4) is 5.75 Å². The van der Waals surface area contributed by atoms with E-state index in [1.165, 1.54) is 20.9 Å². The number of nitrogens with zero attached hydrogens (tertiary/aromatic N) is 1. The molecule has 0 saturated carbocycles. The van der Waals surface area contributed by atoms with E-state index in [4.69, 9.17) is 10.5 Å². The number of aryl methyl sites for hydroxylation is 1. The van der Waals surface area contributed by atoms with Crippen molar-refractivity contribution in [3.63, 3.8) is 0 Å². The van der Waals surface area contributed by atoms with Crippen LogP contribution in [0.5, 0.6) is 5.75 Å². The lowest BCUT2D eigenvalue weighted by Gasteiger charge is -2.19. The molecule has 1 aliphatic heterocycles. The zero-order valence-corrected chi connectivity index (χ0v) is 12.6. The smallest absolute Gasteiger partial charge is 0.123 e. The fourth-order valence-corrected chi connectivity index (χ4v) is 3.53. The predicted molar refractivity (Wildman–Crippen MR) is 83.0 cm³/mol. The summed E-state index contributed by atoms with van der Waals surface area (Å²) in [5, 5.41) is 0. The summed E-state index contributed by atoms with van der Waals surface area (Å²) in [6.07, 6.45) is 0. The van der Waals surface area contributed by atoms with Crippen molar-refractivity contribution in [1.29, 1.82) is 0 Å². The summed E-state index contributed by atoms with van der Waals surface area (Å²) in [5.74, 6) is 1.03. The monoisotopic (exact) mass is 288 g/mol. The molecule has 2 N–H and O–H groups in total. The average Bonchev–Trinajstić information content (AvgIpc) is 2.69. The second kappa shape index (κ2) is 5.95. The van der Waals surface area contributed by atoms with Gasteiger partial charge in [-0.25, -0.2) is 0 Å². The van der Waals surface area contributed by atoms with Crippen LogP contribution in [0.15, 0.2) is 30.3 Å². The van der Waals surface area contributed by atoms with Gasteiger partial charge in [-0.3, -0.25) is 4.90 Å². The highest BCUT2D eigenvalue weighted by molar-refractivity contribution is 7.12. The van der Waals surface area contributed by atoms with Gasteiger partial charge >= 0.3 is 0 Å². The molecule has 1 aromatic heterocycles. The first-order valence-corrected chi connectivity index (χ1v) is 7.79. The Hall–Kier alpha value is -1.36. The Bertz CT molecular complexity index is 594. The Labute approximate surface area is 124 Å². The second-order valence-corrected chi connectivity index (χ2v) is 6.51. The Morgan fingerprint density at radius 3 is 3.00 bits per heavy atom. The van der Waals surface area contributed by atoms with Gasteiger partial charge in [0.15, 0.2) is 0 Å². The minimum atomic E-state index is 0.636. The SMILES string of the molecule is Cc1sc(CN)cc1CN1CCOc2ccccc2C1. The molecule has 2 aromatic rings. The van der Waals surface area contributed by atoms with Crippen molar-refractivity contribution in [3.05, 3.63) is 51.2 Å². The van der Waals surface area contributed by atoms with Crippen LogP contribution in [0.4, 0.5) is 0 Å². The largest absolute Gasteiger partial charge is 0.492 e. The lowest BCUT2D eigenvalue weighted by atomic mass is 10.1. The van der Waals surface area contributed by atoms with Crippen molar-refractivity contribution in [1.82, 2.24) is 4.90 Å². The molecule has 1 aliphatic rings. The third-order valence-electron chi connectivity index (χ3n) is 3.70. The van der Waals surface area contributed by atoms with Crippen LogP contribution in [0.25, 0.3) is 0 Å². The Balaban J connectivity index is 1.76. The first-order chi connectivity index (χ1) is 9.76. The highest BCUT2D eigenvalue weighted by Gasteiger charge is 2.16. The van der Waals surface area contributed by atoms with E-state index in [-0.39, 0.29) is 0 Å². The second-order valence-electron chi connectivity index (χ2n) is 5.17. The van der Waals surface area contributed by atoms with Gasteiger partial charge in [-0.15, -0.1) is 11.3 Å². The zero-order chi connectivity index (χ0) is 13.9. The maximum atomic E-state index is 5.81. The van der Waals surface area contributed by atoms with E-state index >= 15 is 0 Å². The molecule has 3 nitrogen and oxygen atoms in total. The topological polar surface area (TPSA) is 38.5 Å². The molecule has 2 heterocycles. The van der Waals surface area contributed by atoms with Crippen molar-refractivity contribution in [2.24, 2.45) is 5.73 Å². The van der Waals surface area contributed by atoms with Crippen molar-refractivity contribution >= 4 is 11.3 Å². The number of benzene rings is 1. The number of ether oxygens (including phenoxy) is 1. The van der Waals surface area contributed by atoms with Gasteiger partial charge in [0.1, 0.15) is 12.4 Å². The molecule has 0 atom stereocenters. The molecular formula is C16H20N2OS. The number of para-hydroxylation sites is 1. The summed E-state index contributed by atoms with van der Waals surface area (Å²) in [7, 11) is 0. The minimum Gasteiger partial charge on any atom is -0.492 e. The van der Waals surface area contributed by atoms with Gasteiger partial charge in [0, 0.05) is 41.5 Å². The summed E-state index contributed by atoms with van der Waals surface area (Å²) in [4.78, 5) is 5.09. The van der Waals surface area contributed by atoms with Crippen LogP contribution in [-0.4, -0.2) is 18.1 Å². The Kier molecular flexibility index (Phi) is 4.05. The van der Waals surface area contributed by atoms with Crippen LogP contribution in [0.3, 0.4) is 0 Å². The molecule has 0 fully saturated rings. The van der Waals surface area contributed by atoms with Crippen LogP contribution in [0.2, 0.25) is 0 Å². The van der Waals surface area contributed by atoms with Gasteiger partial charge < -0.3 is 10.5 Å². The molecule has 0 bridgehead atoms. The van der Waals surface area contributed by atoms with Gasteiger partial charge in [0.25, 0.3) is 0 Å². The molecule has 3 rings (SSSR count). The first-order valence-electron chi connectivity index (χ1n) is 6.97. The van der Waals surface area contributed by atoms with Gasteiger partial charge in [-0.05, 0) is 24.6 Å². The summed E-state index contributed by atoms with van der Waals surface area (Å²) < 4.78 is 5.81. The van der Waals surface area contributed by atoms with E-state index in [9.17, 15) is 0 Å². The van der Waals surface area contributed by atoms with Gasteiger partial charge in [-0.1, -0.05) is 18.2 Å². The van der Waals surface area contributed by atoms with E-state index in [1.54, 1.807) is 0 Å². The van der Waals surface area contributed by atoms with E-state index in [1.807, 2.05) is 17.4 Å². The van der Waals surface area contributed by atoms with Gasteiger partial charge in [0.2, 0.25) is 0 Å². The summed E-state index contributed by atoms with van der Waals surface area (Å²) in [5.41, 5.74) is 8.40. The molecule has 0 radical (unpaired) electrons. The first kappa shape index (κ1) is 13.6. The quantitative estimate of drug-likeness (QED) is 0.944. The van der Waals surface area contributed by atoms with E-state index in [0.717, 1.165) is 32.0 Å². The zero-order valence-electron chi connectivity index (χ0n) is 11.8. The predicted octanol–water partition coefficient (Wildman–Crippen LogP) is 2.91. The molecule has 20 heavy (non-hydrogen) atoms. The molecule has 0 aliphatic carbocycles. The van der Waals surface area contributed by atoms with Crippen LogP contribution in [0, 0.1) is 6.92 Å². The number of nitrogens with two attached hydrogens (primary N) is 1. The third-order valence-corrected chi connectivity index (χ3v) is 4.81. The normalized spacial score (nSPS) is 15.5. The van der Waals surface area contributed by atoms with Crippen LogP contribution < -0.4 is 10.5 Å².